The van der Waals surface area contributed by atoms with Crippen LogP contribution in [0.2, 0.25) is 0 Å². The Morgan fingerprint density at radius 1 is 1.33 bits per heavy atom. The molecule has 1 saturated heterocycles. The van der Waals surface area contributed by atoms with Crippen molar-refractivity contribution in [2.75, 3.05) is 32.8 Å². The topological polar surface area (TPSA) is 51.8 Å². The third kappa shape index (κ3) is 3.01. The summed E-state index contributed by atoms with van der Waals surface area (Å²) in [5.41, 5.74) is 3.37. The van der Waals surface area contributed by atoms with Crippen LogP contribution in [0.3, 0.4) is 0 Å². The van der Waals surface area contributed by atoms with Crippen LogP contribution in [0.15, 0.2) is 30.6 Å². The van der Waals surface area contributed by atoms with Crippen LogP contribution >= 0.6 is 0 Å². The largest absolute Gasteiger partial charge is 0.493 e. The Morgan fingerprint density at radius 2 is 2.17 bits per heavy atom. The summed E-state index contributed by atoms with van der Waals surface area (Å²) in [4.78, 5) is 15.9. The Morgan fingerprint density at radius 3 is 2.92 bits per heavy atom. The van der Waals surface area contributed by atoms with Gasteiger partial charge >= 0.3 is 0 Å². The number of nitrogens with zero attached hydrogens (tertiary/aromatic N) is 3. The molecule has 1 amide bonds. The average molecular weight is 327 g/mol. The molecule has 24 heavy (non-hydrogen) atoms. The molecule has 3 heterocycles. The highest BCUT2D eigenvalue weighted by atomic mass is 16.5. The molecule has 126 valence electrons. The highest BCUT2D eigenvalue weighted by Crippen LogP contribution is 2.25. The fraction of sp³-hybridized carbons (Fsp3) is 0.444. The smallest absolute Gasteiger partial charge is 0.257 e. The van der Waals surface area contributed by atoms with Gasteiger partial charge in [0, 0.05) is 25.2 Å². The van der Waals surface area contributed by atoms with E-state index in [2.05, 4.69) is 23.3 Å². The summed E-state index contributed by atoms with van der Waals surface area (Å²) < 4.78 is 7.24. The second-order valence-corrected chi connectivity index (χ2v) is 6.66. The molecule has 6 heteroatoms. The van der Waals surface area contributed by atoms with Crippen LogP contribution in [0.1, 0.15) is 21.5 Å². The maximum Gasteiger partial charge on any atom is 0.257 e. The summed E-state index contributed by atoms with van der Waals surface area (Å²) in [6, 6.07) is 6.55. The Hall–Kier alpha value is -2.34. The monoisotopic (exact) mass is 327 g/mol. The normalized spacial score (nSPS) is 17.6. The Balaban J connectivity index is 1.34. The predicted octanol–water partition coefficient (Wildman–Crippen LogP) is -0.104. The molecule has 0 aliphatic carbocycles. The van der Waals surface area contributed by atoms with Crippen molar-refractivity contribution in [2.45, 2.75) is 13.0 Å². The summed E-state index contributed by atoms with van der Waals surface area (Å²) in [7, 11) is 1.83. The van der Waals surface area contributed by atoms with Gasteiger partial charge in [0.1, 0.15) is 12.3 Å². The van der Waals surface area contributed by atoms with E-state index in [0.717, 1.165) is 51.5 Å². The number of hydrogen-bond acceptors (Lipinski definition) is 3. The standard InChI is InChI=1S/C18H22N4O2/c1-20-13-16(11-19-20)18(23)22-7-5-21(6-8-22)12-14-2-3-17-15(10-14)4-9-24-17/h2-3,10-11,13H,4-9,12H2,1H3/p+1. The van der Waals surface area contributed by atoms with Crippen LogP contribution in [0.25, 0.3) is 0 Å². The zero-order valence-corrected chi connectivity index (χ0v) is 14.0. The molecule has 1 aromatic carbocycles. The van der Waals surface area contributed by atoms with E-state index >= 15 is 0 Å². The van der Waals surface area contributed by atoms with E-state index in [9.17, 15) is 4.79 Å². The van der Waals surface area contributed by atoms with Gasteiger partial charge in [-0.15, -0.1) is 0 Å². The van der Waals surface area contributed by atoms with Crippen LogP contribution in [-0.4, -0.2) is 53.4 Å². The SMILES string of the molecule is Cn1cc(C(=O)N2CC[NH+](Cc3ccc4c(c3)CCO4)CC2)cn1. The molecular formula is C18H23N4O2+. The predicted molar refractivity (Wildman–Crippen MR) is 89.2 cm³/mol. The zero-order chi connectivity index (χ0) is 16.5. The van der Waals surface area contributed by atoms with Crippen LogP contribution in [0.5, 0.6) is 5.75 Å². The van der Waals surface area contributed by atoms with Crippen molar-refractivity contribution in [1.29, 1.82) is 0 Å². The molecule has 2 aromatic rings. The van der Waals surface area contributed by atoms with Crippen molar-refractivity contribution in [3.05, 3.63) is 47.3 Å². The summed E-state index contributed by atoms with van der Waals surface area (Å²) in [6.45, 7) is 5.40. The first-order valence-electron chi connectivity index (χ1n) is 8.55. The minimum absolute atomic E-state index is 0.0943. The molecular weight excluding hydrogens is 304 g/mol. The van der Waals surface area contributed by atoms with Gasteiger partial charge in [-0.05, 0) is 23.8 Å². The molecule has 0 unspecified atom stereocenters. The molecule has 0 spiro atoms. The van der Waals surface area contributed by atoms with Crippen LogP contribution in [0, 0.1) is 0 Å². The number of piperazine rings is 1. The molecule has 1 N–H and O–H groups in total. The molecule has 1 aromatic heterocycles. The van der Waals surface area contributed by atoms with E-state index in [1.165, 1.54) is 16.0 Å². The van der Waals surface area contributed by atoms with Crippen molar-refractivity contribution >= 4 is 5.91 Å². The van der Waals surface area contributed by atoms with Gasteiger partial charge < -0.3 is 14.5 Å². The van der Waals surface area contributed by atoms with Crippen molar-refractivity contribution in [2.24, 2.45) is 7.05 Å². The number of carbonyl (C=O) groups is 1. The molecule has 0 bridgehead atoms. The Bertz CT molecular complexity index is 747. The first-order chi connectivity index (χ1) is 11.7. The second-order valence-electron chi connectivity index (χ2n) is 6.66. The summed E-state index contributed by atoms with van der Waals surface area (Å²) in [6.07, 6.45) is 4.45. The van der Waals surface area contributed by atoms with Crippen LogP contribution in [-0.2, 0) is 20.0 Å². The molecule has 6 nitrogen and oxygen atoms in total. The zero-order valence-electron chi connectivity index (χ0n) is 14.0. The molecule has 2 aliphatic heterocycles. The minimum atomic E-state index is 0.0943. The van der Waals surface area contributed by atoms with Crippen molar-refractivity contribution in [3.63, 3.8) is 0 Å². The van der Waals surface area contributed by atoms with Crippen molar-refractivity contribution in [3.8, 4) is 5.75 Å². The lowest BCUT2D eigenvalue weighted by atomic mass is 10.1. The number of aromatic nitrogens is 2. The Labute approximate surface area is 141 Å². The number of benzene rings is 1. The number of hydrogen-bond donors (Lipinski definition) is 1. The lowest BCUT2D eigenvalue weighted by Crippen LogP contribution is -3.13. The van der Waals surface area contributed by atoms with Crippen LogP contribution in [0.4, 0.5) is 0 Å². The van der Waals surface area contributed by atoms with E-state index in [-0.39, 0.29) is 5.91 Å². The fourth-order valence-electron chi connectivity index (χ4n) is 3.56. The highest BCUT2D eigenvalue weighted by Gasteiger charge is 2.25. The maximum absolute atomic E-state index is 12.5. The van der Waals surface area contributed by atoms with Gasteiger partial charge in [-0.25, -0.2) is 0 Å². The third-order valence-electron chi connectivity index (χ3n) is 4.92. The van der Waals surface area contributed by atoms with Gasteiger partial charge in [0.05, 0.1) is 44.5 Å². The third-order valence-corrected chi connectivity index (χ3v) is 4.92. The summed E-state index contributed by atoms with van der Waals surface area (Å²) in [5, 5.41) is 4.09. The second kappa shape index (κ2) is 6.28. The fourth-order valence-corrected chi connectivity index (χ4v) is 3.56. The minimum Gasteiger partial charge on any atom is -0.493 e. The lowest BCUT2D eigenvalue weighted by molar-refractivity contribution is -0.917. The molecule has 0 atom stereocenters. The molecule has 4 rings (SSSR count). The number of carbonyl (C=O) groups excluding carboxylic acids is 1. The first kappa shape index (κ1) is 15.2. The van der Waals surface area contributed by atoms with Gasteiger partial charge in [-0.1, -0.05) is 0 Å². The van der Waals surface area contributed by atoms with Gasteiger partial charge in [0.15, 0.2) is 0 Å². The number of amides is 1. The first-order valence-corrected chi connectivity index (χ1v) is 8.55. The maximum atomic E-state index is 12.5. The quantitative estimate of drug-likeness (QED) is 0.856. The van der Waals surface area contributed by atoms with Crippen molar-refractivity contribution < 1.29 is 14.4 Å². The van der Waals surface area contributed by atoms with Gasteiger partial charge in [-0.2, -0.15) is 5.10 Å². The van der Waals surface area contributed by atoms with Gasteiger partial charge in [0.25, 0.3) is 5.91 Å². The lowest BCUT2D eigenvalue weighted by Gasteiger charge is -2.32. The van der Waals surface area contributed by atoms with E-state index in [1.807, 2.05) is 11.9 Å². The highest BCUT2D eigenvalue weighted by molar-refractivity contribution is 5.93. The molecule has 0 radical (unpaired) electrons. The molecule has 0 saturated carbocycles. The van der Waals surface area contributed by atoms with E-state index in [0.29, 0.717) is 5.56 Å². The summed E-state index contributed by atoms with van der Waals surface area (Å²) >= 11 is 0. The van der Waals surface area contributed by atoms with Gasteiger partial charge in [-0.3, -0.25) is 9.48 Å². The van der Waals surface area contributed by atoms with E-state index in [1.54, 1.807) is 17.1 Å². The number of aryl methyl sites for hydroxylation is 1. The number of quaternary nitrogens is 1. The average Bonchev–Trinajstić information content (AvgIpc) is 3.23. The van der Waals surface area contributed by atoms with Gasteiger partial charge in [0.2, 0.25) is 0 Å². The number of fused-ring (bicyclic) bond motifs is 1. The number of nitrogens with one attached hydrogen (secondary N) is 1. The Kier molecular flexibility index (Phi) is 3.98. The summed E-state index contributed by atoms with van der Waals surface area (Å²) in [5.74, 6) is 1.14. The van der Waals surface area contributed by atoms with Crippen LogP contribution < -0.4 is 9.64 Å². The number of rotatable bonds is 3. The number of ether oxygens (including phenoxy) is 1. The molecule has 2 aliphatic rings. The van der Waals surface area contributed by atoms with Crippen molar-refractivity contribution in [1.82, 2.24) is 14.7 Å². The molecule has 1 fully saturated rings. The van der Waals surface area contributed by atoms with E-state index < -0.39 is 0 Å². The van der Waals surface area contributed by atoms with E-state index in [4.69, 9.17) is 4.74 Å².